The van der Waals surface area contributed by atoms with Crippen LogP contribution in [0.1, 0.15) is 28.4 Å². The van der Waals surface area contributed by atoms with Crippen molar-refractivity contribution in [1.82, 2.24) is 0 Å². The van der Waals surface area contributed by atoms with Gasteiger partial charge in [-0.2, -0.15) is 5.26 Å². The van der Waals surface area contributed by atoms with E-state index in [-0.39, 0.29) is 5.78 Å². The summed E-state index contributed by atoms with van der Waals surface area (Å²) in [5.41, 5.74) is 3.09. The molecular weight excluding hydrogens is 288 g/mol. The zero-order chi connectivity index (χ0) is 16.8. The Morgan fingerprint density at radius 2 is 1.91 bits per heavy atom. The maximum Gasteiger partial charge on any atom is 0.161 e. The smallest absolute Gasteiger partial charge is 0.161 e. The molecule has 4 nitrogen and oxygen atoms in total. The molecule has 4 heteroatoms. The lowest BCUT2D eigenvalue weighted by atomic mass is 10.1. The minimum Gasteiger partial charge on any atom is -0.492 e. The largest absolute Gasteiger partial charge is 0.492 e. The van der Waals surface area contributed by atoms with Crippen molar-refractivity contribution in [1.29, 1.82) is 5.26 Å². The summed E-state index contributed by atoms with van der Waals surface area (Å²) in [6, 6.07) is 15.1. The summed E-state index contributed by atoms with van der Waals surface area (Å²) in [4.78, 5) is 13.7. The highest BCUT2D eigenvalue weighted by Crippen LogP contribution is 2.22. The normalized spacial score (nSPS) is 10.0. The number of carbonyl (C=O) groups excluding carboxylic acids is 1. The molecule has 0 unspecified atom stereocenters. The Bertz CT molecular complexity index is 730. The van der Waals surface area contributed by atoms with E-state index in [0.717, 1.165) is 11.4 Å². The lowest BCUT2D eigenvalue weighted by molar-refractivity contribution is 0.101. The van der Waals surface area contributed by atoms with Crippen molar-refractivity contribution < 1.29 is 9.53 Å². The number of carbonyl (C=O) groups is 1. The number of anilines is 1. The highest BCUT2D eigenvalue weighted by Gasteiger charge is 2.12. The molecule has 0 aliphatic rings. The monoisotopic (exact) mass is 308 g/mol. The van der Waals surface area contributed by atoms with E-state index in [1.807, 2.05) is 43.1 Å². The predicted molar refractivity (Wildman–Crippen MR) is 91.1 cm³/mol. The van der Waals surface area contributed by atoms with E-state index < -0.39 is 0 Å². The fourth-order valence-electron chi connectivity index (χ4n) is 2.27. The number of nitrogens with zero attached hydrogens (tertiary/aromatic N) is 2. The number of Topliss-reactive ketones (excluding diaryl/α,β-unsaturated/α-hetero) is 1. The van der Waals surface area contributed by atoms with Crippen LogP contribution in [0.3, 0.4) is 0 Å². The minimum atomic E-state index is -0.0178. The summed E-state index contributed by atoms with van der Waals surface area (Å²) >= 11 is 0. The molecule has 2 aromatic carbocycles. The van der Waals surface area contributed by atoms with E-state index in [1.165, 1.54) is 12.5 Å². The van der Waals surface area contributed by atoms with Crippen LogP contribution in [-0.2, 0) is 0 Å². The summed E-state index contributed by atoms with van der Waals surface area (Å²) in [5, 5.41) is 9.04. The SMILES string of the molecule is CC(=O)c1ccc(C#N)cc1N(C)CCOc1ccc(C)cc1. The average Bonchev–Trinajstić information content (AvgIpc) is 2.55. The third-order valence-electron chi connectivity index (χ3n) is 3.63. The molecule has 0 fully saturated rings. The molecule has 118 valence electrons. The van der Waals surface area contributed by atoms with Crippen molar-refractivity contribution in [3.63, 3.8) is 0 Å². The van der Waals surface area contributed by atoms with Crippen molar-refractivity contribution in [2.75, 3.05) is 25.1 Å². The summed E-state index contributed by atoms with van der Waals surface area (Å²) in [5.74, 6) is 0.803. The summed E-state index contributed by atoms with van der Waals surface area (Å²) in [6.45, 7) is 4.67. The maximum atomic E-state index is 11.8. The fraction of sp³-hybridized carbons (Fsp3) is 0.263. The van der Waals surface area contributed by atoms with Gasteiger partial charge in [-0.25, -0.2) is 0 Å². The second-order valence-electron chi connectivity index (χ2n) is 5.48. The van der Waals surface area contributed by atoms with Crippen LogP contribution in [0, 0.1) is 18.3 Å². The third kappa shape index (κ3) is 4.33. The van der Waals surface area contributed by atoms with E-state index in [2.05, 4.69) is 6.07 Å². The van der Waals surface area contributed by atoms with Gasteiger partial charge in [0.2, 0.25) is 0 Å². The Balaban J connectivity index is 2.05. The molecule has 0 N–H and O–H groups in total. The summed E-state index contributed by atoms with van der Waals surface area (Å²) in [6.07, 6.45) is 0. The van der Waals surface area contributed by atoms with Crippen molar-refractivity contribution in [2.24, 2.45) is 0 Å². The highest BCUT2D eigenvalue weighted by atomic mass is 16.5. The Labute approximate surface area is 136 Å². The first-order valence-corrected chi connectivity index (χ1v) is 7.47. The number of nitriles is 1. The molecule has 0 saturated carbocycles. The Morgan fingerprint density at radius 1 is 1.22 bits per heavy atom. The standard InChI is InChI=1S/C19H20N2O2/c1-14-4-7-17(8-5-14)23-11-10-21(3)19-12-16(13-20)6-9-18(19)15(2)22/h4-9,12H,10-11H2,1-3H3. The zero-order valence-electron chi connectivity index (χ0n) is 13.7. The molecule has 0 radical (unpaired) electrons. The van der Waals surface area contributed by atoms with Gasteiger partial charge in [0.05, 0.1) is 18.2 Å². The third-order valence-corrected chi connectivity index (χ3v) is 3.63. The molecule has 0 spiro atoms. The molecule has 2 rings (SSSR count). The van der Waals surface area contributed by atoms with Crippen LogP contribution in [0.2, 0.25) is 0 Å². The van der Waals surface area contributed by atoms with E-state index >= 15 is 0 Å². The van der Waals surface area contributed by atoms with Crippen LogP contribution in [0.25, 0.3) is 0 Å². The quantitative estimate of drug-likeness (QED) is 0.765. The first kappa shape index (κ1) is 16.6. The highest BCUT2D eigenvalue weighted by molar-refractivity contribution is 6.00. The number of ether oxygens (including phenoxy) is 1. The van der Waals surface area contributed by atoms with Crippen LogP contribution in [-0.4, -0.2) is 26.0 Å². The number of ketones is 1. The molecule has 23 heavy (non-hydrogen) atoms. The first-order chi connectivity index (χ1) is 11.0. The summed E-state index contributed by atoms with van der Waals surface area (Å²) in [7, 11) is 1.89. The molecule has 0 heterocycles. The van der Waals surface area contributed by atoms with Crippen LogP contribution < -0.4 is 9.64 Å². The molecule has 0 atom stereocenters. The fourth-order valence-corrected chi connectivity index (χ4v) is 2.27. The molecular formula is C19H20N2O2. The Kier molecular flexibility index (Phi) is 5.37. The van der Waals surface area contributed by atoms with E-state index in [4.69, 9.17) is 10.00 Å². The number of hydrogen-bond donors (Lipinski definition) is 0. The van der Waals surface area contributed by atoms with Gasteiger partial charge in [-0.15, -0.1) is 0 Å². The lowest BCUT2D eigenvalue weighted by Crippen LogP contribution is -2.25. The number of benzene rings is 2. The van der Waals surface area contributed by atoms with Crippen LogP contribution in [0.4, 0.5) is 5.69 Å². The van der Waals surface area contributed by atoms with Crippen molar-refractivity contribution in [3.8, 4) is 11.8 Å². The van der Waals surface area contributed by atoms with Crippen molar-refractivity contribution in [3.05, 3.63) is 59.2 Å². The van der Waals surface area contributed by atoms with Gasteiger partial charge in [-0.1, -0.05) is 17.7 Å². The Hall–Kier alpha value is -2.80. The van der Waals surface area contributed by atoms with Gasteiger partial charge in [-0.3, -0.25) is 4.79 Å². The number of rotatable bonds is 6. The molecule has 2 aromatic rings. The molecule has 0 amide bonds. The van der Waals surface area contributed by atoms with Gasteiger partial charge >= 0.3 is 0 Å². The Morgan fingerprint density at radius 3 is 2.52 bits per heavy atom. The van der Waals surface area contributed by atoms with Gasteiger partial charge in [-0.05, 0) is 44.2 Å². The van der Waals surface area contributed by atoms with Gasteiger partial charge < -0.3 is 9.64 Å². The van der Waals surface area contributed by atoms with Crippen molar-refractivity contribution in [2.45, 2.75) is 13.8 Å². The number of aryl methyl sites for hydroxylation is 1. The first-order valence-electron chi connectivity index (χ1n) is 7.47. The van der Waals surface area contributed by atoms with Gasteiger partial charge in [0, 0.05) is 18.3 Å². The predicted octanol–water partition coefficient (Wildman–Crippen LogP) is 3.58. The topological polar surface area (TPSA) is 53.3 Å². The van der Waals surface area contributed by atoms with Gasteiger partial charge in [0.25, 0.3) is 0 Å². The van der Waals surface area contributed by atoms with Crippen molar-refractivity contribution >= 4 is 11.5 Å². The molecule has 0 bridgehead atoms. The minimum absolute atomic E-state index is 0.0178. The number of likely N-dealkylation sites (N-methyl/N-ethyl adjacent to an activating group) is 1. The lowest BCUT2D eigenvalue weighted by Gasteiger charge is -2.22. The van der Waals surface area contributed by atoms with E-state index in [0.29, 0.717) is 24.3 Å². The second-order valence-corrected chi connectivity index (χ2v) is 5.48. The number of hydrogen-bond acceptors (Lipinski definition) is 4. The summed E-state index contributed by atoms with van der Waals surface area (Å²) < 4.78 is 5.72. The second kappa shape index (κ2) is 7.46. The average molecular weight is 308 g/mol. The van der Waals surface area contributed by atoms with Gasteiger partial charge in [0.15, 0.2) is 5.78 Å². The maximum absolute atomic E-state index is 11.8. The zero-order valence-corrected chi connectivity index (χ0v) is 13.7. The molecule has 0 aromatic heterocycles. The van der Waals surface area contributed by atoms with E-state index in [1.54, 1.807) is 18.2 Å². The van der Waals surface area contributed by atoms with Crippen LogP contribution in [0.5, 0.6) is 5.75 Å². The molecule has 0 aliphatic heterocycles. The van der Waals surface area contributed by atoms with E-state index in [9.17, 15) is 4.79 Å². The van der Waals surface area contributed by atoms with Gasteiger partial charge in [0.1, 0.15) is 12.4 Å². The molecule has 0 saturated heterocycles. The molecule has 0 aliphatic carbocycles. The van der Waals surface area contributed by atoms with Crippen LogP contribution >= 0.6 is 0 Å². The van der Waals surface area contributed by atoms with Crippen LogP contribution in [0.15, 0.2) is 42.5 Å².